The quantitative estimate of drug-likeness (QED) is 0.0585. The zero-order valence-corrected chi connectivity index (χ0v) is 47.0. The molecule has 9 aromatic carbocycles. The Morgan fingerprint density at radius 3 is 0.645 bits per heavy atom. The van der Waals surface area contributed by atoms with Gasteiger partial charge in [-0.1, -0.05) is 0 Å². The summed E-state index contributed by atoms with van der Waals surface area (Å²) in [6.07, 6.45) is -8.90. The first kappa shape index (κ1) is 58.9. The Morgan fingerprint density at radius 1 is 0.250 bits per heavy atom. The van der Waals surface area contributed by atoms with E-state index in [2.05, 4.69) is 57.3 Å². The molecule has 0 bridgehead atoms. The van der Waals surface area contributed by atoms with E-state index in [1.807, 2.05) is 59.0 Å². The highest BCUT2D eigenvalue weighted by Gasteiger charge is 2.37. The maximum Gasteiger partial charge on any atom is 0.416 e. The zero-order chi connectivity index (χ0) is 55.1. The van der Waals surface area contributed by atoms with Gasteiger partial charge in [0.05, 0.1) is 43.8 Å². The standard InChI is InChI=1S/C20H12F6IS.C18H8F6IS.C18H12F2IS/c21-19(22,23)13-1-7-16(8-2-13)28(18-11-5-15(27)6-12-18)17-9-3-14(4-10-17)20(24,25)26;19-13-5-11(6-14(20)17(13)23)26(10-3-1-9(25)2-4-10)12-7-15(21)18(24)16(22)8-12;19-13-1-7-16(8-2-13)22(17-9-3-14(20)4-10-17)18-11-5-15(21)6-12-18/h1-12H;1-8H;1-12H/q3*+1. The van der Waals surface area contributed by atoms with E-state index in [9.17, 15) is 61.5 Å². The summed E-state index contributed by atoms with van der Waals surface area (Å²) in [6.45, 7) is 0. The first-order valence-electron chi connectivity index (χ1n) is 21.6. The molecule has 20 heteroatoms. The maximum absolute atomic E-state index is 13.7. The summed E-state index contributed by atoms with van der Waals surface area (Å²) in [5.74, 6) is -9.50. The lowest BCUT2D eigenvalue weighted by molar-refractivity contribution is -0.138. The van der Waals surface area contributed by atoms with Crippen LogP contribution in [0.15, 0.2) is 238 Å². The number of alkyl halides is 6. The molecule has 0 aliphatic rings. The van der Waals surface area contributed by atoms with Crippen molar-refractivity contribution in [2.24, 2.45) is 0 Å². The van der Waals surface area contributed by atoms with Gasteiger partial charge in [0.15, 0.2) is 79.0 Å². The summed E-state index contributed by atoms with van der Waals surface area (Å²) in [7, 11) is -2.58. The van der Waals surface area contributed by atoms with Gasteiger partial charge in [-0.2, -0.15) is 26.3 Å². The van der Waals surface area contributed by atoms with Crippen LogP contribution >= 0.6 is 67.8 Å². The van der Waals surface area contributed by atoms with Crippen LogP contribution in [-0.4, -0.2) is 0 Å². The normalized spacial score (nSPS) is 11.6. The molecule has 0 spiro atoms. The van der Waals surface area contributed by atoms with E-state index in [1.165, 1.54) is 48.5 Å². The van der Waals surface area contributed by atoms with E-state index in [0.29, 0.717) is 14.7 Å². The van der Waals surface area contributed by atoms with Gasteiger partial charge in [-0.3, -0.25) is 0 Å². The second kappa shape index (κ2) is 25.8. The van der Waals surface area contributed by atoms with Gasteiger partial charge >= 0.3 is 12.4 Å². The number of halogens is 17. The van der Waals surface area contributed by atoms with E-state index in [-0.39, 0.29) is 32.3 Å². The molecule has 0 atom stereocenters. The molecular weight excluding hydrogens is 1420 g/mol. The Balaban J connectivity index is 0.000000167. The van der Waals surface area contributed by atoms with Crippen molar-refractivity contribution in [3.05, 3.63) is 262 Å². The Morgan fingerprint density at radius 2 is 0.434 bits per heavy atom. The second-order valence-electron chi connectivity index (χ2n) is 15.6. The Kier molecular flexibility index (Phi) is 20.0. The van der Waals surface area contributed by atoms with E-state index in [4.69, 9.17) is 0 Å². The van der Waals surface area contributed by atoms with Crippen LogP contribution in [0.5, 0.6) is 0 Å². The monoisotopic (exact) mass is 1450 g/mol. The first-order valence-corrected chi connectivity index (χ1v) is 28.5. The van der Waals surface area contributed by atoms with Gasteiger partial charge in [-0.05, 0) is 238 Å². The molecule has 0 radical (unpaired) electrons. The molecule has 0 N–H and O–H groups in total. The zero-order valence-electron chi connectivity index (χ0n) is 38.1. The van der Waals surface area contributed by atoms with Crippen LogP contribution in [0.25, 0.3) is 0 Å². The molecule has 0 nitrogen and oxygen atoms in total. The summed E-state index contributed by atoms with van der Waals surface area (Å²) in [4.78, 5) is 5.53. The second-order valence-corrected chi connectivity index (χ2v) is 25.5. The van der Waals surface area contributed by atoms with Crippen molar-refractivity contribution in [1.29, 1.82) is 0 Å². The lowest BCUT2D eigenvalue weighted by Gasteiger charge is -2.11. The number of rotatable bonds is 9. The van der Waals surface area contributed by atoms with Gasteiger partial charge in [-0.25, -0.2) is 35.1 Å². The van der Waals surface area contributed by atoms with Crippen molar-refractivity contribution in [3.8, 4) is 0 Å². The Hall–Kier alpha value is -4.76. The molecule has 0 aliphatic carbocycles. The average molecular weight is 1450 g/mol. The third-order valence-corrected chi connectivity index (χ3v) is 19.2. The van der Waals surface area contributed by atoms with Crippen LogP contribution in [0, 0.1) is 57.2 Å². The summed E-state index contributed by atoms with van der Waals surface area (Å²) >= 11 is 6.43. The fraction of sp³-hybridized carbons (Fsp3) is 0.0357. The number of hydrogen-bond donors (Lipinski definition) is 0. The van der Waals surface area contributed by atoms with E-state index >= 15 is 0 Å². The summed E-state index contributed by atoms with van der Waals surface area (Å²) < 4.78 is 188. The highest BCUT2D eigenvalue weighted by atomic mass is 127. The Labute approximate surface area is 476 Å². The third-order valence-electron chi connectivity index (χ3n) is 10.5. The Bertz CT molecular complexity index is 3110. The van der Waals surface area contributed by atoms with Gasteiger partial charge < -0.3 is 0 Å². The topological polar surface area (TPSA) is 0 Å². The van der Waals surface area contributed by atoms with Gasteiger partial charge in [-0.15, -0.1) is 0 Å². The van der Waals surface area contributed by atoms with Gasteiger partial charge in [0.1, 0.15) is 11.6 Å². The van der Waals surface area contributed by atoms with Crippen molar-refractivity contribution >= 4 is 100 Å². The highest BCUT2D eigenvalue weighted by molar-refractivity contribution is 14.1. The predicted molar refractivity (Wildman–Crippen MR) is 292 cm³/mol. The molecule has 0 heterocycles. The highest BCUT2D eigenvalue weighted by Crippen LogP contribution is 2.38. The molecule has 0 fully saturated rings. The van der Waals surface area contributed by atoms with Gasteiger partial charge in [0, 0.05) is 35.0 Å². The summed E-state index contributed by atoms with van der Waals surface area (Å²) in [5.41, 5.74) is -1.54. The van der Waals surface area contributed by atoms with E-state index in [1.54, 1.807) is 48.5 Å². The minimum absolute atomic E-state index is 0.0342. The molecule has 0 amide bonds. The molecule has 390 valence electrons. The molecule has 76 heavy (non-hydrogen) atoms. The van der Waals surface area contributed by atoms with Crippen LogP contribution in [-0.2, 0) is 45.0 Å². The molecule has 9 aromatic rings. The molecule has 0 saturated heterocycles. The van der Waals surface area contributed by atoms with Crippen LogP contribution in [0.4, 0.5) is 61.5 Å². The molecular formula is C56H32F14I3S3+3. The molecule has 0 unspecified atom stereocenters. The smallest absolute Gasteiger partial charge is 0.207 e. The molecule has 0 saturated carbocycles. The summed E-state index contributed by atoms with van der Waals surface area (Å²) in [6, 6.07) is 47.8. The first-order chi connectivity index (χ1) is 36.0. The fourth-order valence-electron chi connectivity index (χ4n) is 6.94. The minimum Gasteiger partial charge on any atom is -0.207 e. The van der Waals surface area contributed by atoms with Gasteiger partial charge in [0.2, 0.25) is 0 Å². The van der Waals surface area contributed by atoms with Crippen molar-refractivity contribution in [3.63, 3.8) is 0 Å². The van der Waals surface area contributed by atoms with Crippen molar-refractivity contribution in [1.82, 2.24) is 0 Å². The van der Waals surface area contributed by atoms with Crippen LogP contribution < -0.4 is 0 Å². The average Bonchev–Trinajstić information content (AvgIpc) is 3.38. The van der Waals surface area contributed by atoms with Crippen LogP contribution in [0.3, 0.4) is 0 Å². The van der Waals surface area contributed by atoms with Crippen LogP contribution in [0.1, 0.15) is 11.1 Å². The number of hydrogen-bond acceptors (Lipinski definition) is 0. The SMILES string of the molecule is FC(F)(F)c1ccc([S+](c2ccc(I)cc2)c2ccc(C(F)(F)F)cc2)cc1.Fc1cc([S+](c2ccc(I)cc2)c2cc(F)c(F)c(F)c2)cc(F)c1F.Fc1ccc([S+](c2ccc(F)cc2)c2ccc(I)cc2)cc1. The van der Waals surface area contributed by atoms with Crippen LogP contribution in [0.2, 0.25) is 0 Å². The largest absolute Gasteiger partial charge is 0.416 e. The molecule has 0 aliphatic heterocycles. The predicted octanol–water partition coefficient (Wildman–Crippen LogP) is 19.3. The number of benzene rings is 9. The summed E-state index contributed by atoms with van der Waals surface area (Å²) in [5, 5.41) is 0. The third kappa shape index (κ3) is 15.3. The van der Waals surface area contributed by atoms with E-state index in [0.717, 1.165) is 78.8 Å². The van der Waals surface area contributed by atoms with E-state index < -0.39 is 80.2 Å². The maximum atomic E-state index is 13.7. The molecule has 9 rings (SSSR count). The lowest BCUT2D eigenvalue weighted by atomic mass is 10.2. The van der Waals surface area contributed by atoms with Crippen molar-refractivity contribution in [2.75, 3.05) is 0 Å². The minimum atomic E-state index is -4.45. The van der Waals surface area contributed by atoms with Crippen molar-refractivity contribution in [2.45, 2.75) is 56.4 Å². The lowest BCUT2D eigenvalue weighted by Crippen LogP contribution is -2.09. The van der Waals surface area contributed by atoms with Crippen molar-refractivity contribution < 1.29 is 61.5 Å². The fourth-order valence-corrected chi connectivity index (χ4v) is 14.2. The molecule has 0 aromatic heterocycles. The van der Waals surface area contributed by atoms with Gasteiger partial charge in [0.25, 0.3) is 0 Å².